The molecule has 0 saturated carbocycles. The molecule has 9 aromatic rings. The number of nitrogens with zero attached hydrogens (tertiary/aromatic N) is 2. The molecule has 0 amide bonds. The molecule has 0 atom stereocenters. The minimum atomic E-state index is 1.07. The number of thiophene rings is 1. The number of hydrogen-bond donors (Lipinski definition) is 0. The van der Waals surface area contributed by atoms with Gasteiger partial charge in [-0.05, 0) is 104 Å². The van der Waals surface area contributed by atoms with Gasteiger partial charge in [0.1, 0.15) is 0 Å². The van der Waals surface area contributed by atoms with E-state index in [9.17, 15) is 0 Å². The lowest BCUT2D eigenvalue weighted by Crippen LogP contribution is -2.09. The normalized spacial score (nSPS) is 11.5. The Hall–Kier alpha value is -5.77. The van der Waals surface area contributed by atoms with Gasteiger partial charge in [0.25, 0.3) is 0 Å². The quantitative estimate of drug-likeness (QED) is 0.182. The molecule has 2 heterocycles. The van der Waals surface area contributed by atoms with Gasteiger partial charge in [-0.2, -0.15) is 0 Å². The first-order valence-corrected chi connectivity index (χ1v) is 16.4. The summed E-state index contributed by atoms with van der Waals surface area (Å²) in [6.45, 7) is 0. The van der Waals surface area contributed by atoms with Crippen molar-refractivity contribution in [1.82, 2.24) is 4.98 Å². The summed E-state index contributed by atoms with van der Waals surface area (Å²) in [5, 5.41) is 6.29. The molecule has 2 aromatic heterocycles. The van der Waals surface area contributed by atoms with Crippen LogP contribution in [0.2, 0.25) is 0 Å². The van der Waals surface area contributed by atoms with Crippen LogP contribution in [0.4, 0.5) is 17.1 Å². The molecule has 46 heavy (non-hydrogen) atoms. The van der Waals surface area contributed by atoms with E-state index in [0.717, 1.165) is 22.6 Å². The Morgan fingerprint density at radius 1 is 0.413 bits per heavy atom. The summed E-state index contributed by atoms with van der Waals surface area (Å²) < 4.78 is 2.44. The first kappa shape index (κ1) is 26.6. The van der Waals surface area contributed by atoms with Crippen LogP contribution in [0.15, 0.2) is 170 Å². The molecular weight excluding hydrogens is 577 g/mol. The van der Waals surface area contributed by atoms with Crippen molar-refractivity contribution in [1.29, 1.82) is 0 Å². The Kier molecular flexibility index (Phi) is 6.36. The molecule has 216 valence electrons. The number of aromatic nitrogens is 1. The first-order chi connectivity index (χ1) is 22.8. The molecule has 0 unspecified atom stereocenters. The summed E-state index contributed by atoms with van der Waals surface area (Å²) in [5.74, 6) is 0. The molecule has 2 nitrogen and oxygen atoms in total. The zero-order valence-corrected chi connectivity index (χ0v) is 25.8. The number of rotatable bonds is 5. The van der Waals surface area contributed by atoms with Crippen LogP contribution in [0.5, 0.6) is 0 Å². The van der Waals surface area contributed by atoms with Gasteiger partial charge in [-0.25, -0.2) is 0 Å². The van der Waals surface area contributed by atoms with Crippen LogP contribution in [0, 0.1) is 0 Å². The Bertz CT molecular complexity index is 2510. The molecule has 0 N–H and O–H groups in total. The first-order valence-electron chi connectivity index (χ1n) is 15.5. The van der Waals surface area contributed by atoms with Gasteiger partial charge in [-0.15, -0.1) is 11.3 Å². The van der Waals surface area contributed by atoms with Gasteiger partial charge >= 0.3 is 0 Å². The minimum absolute atomic E-state index is 1.07. The largest absolute Gasteiger partial charge is 0.310 e. The molecule has 3 heteroatoms. The van der Waals surface area contributed by atoms with Crippen molar-refractivity contribution in [2.45, 2.75) is 0 Å². The van der Waals surface area contributed by atoms with Crippen LogP contribution < -0.4 is 4.90 Å². The summed E-state index contributed by atoms with van der Waals surface area (Å²) >= 11 is 1.80. The lowest BCUT2D eigenvalue weighted by molar-refractivity contribution is 1.29. The molecule has 0 radical (unpaired) electrons. The van der Waals surface area contributed by atoms with Crippen LogP contribution in [-0.2, 0) is 0 Å². The summed E-state index contributed by atoms with van der Waals surface area (Å²) in [4.78, 5) is 7.03. The number of hydrogen-bond acceptors (Lipinski definition) is 3. The number of fused-ring (bicyclic) bond motifs is 6. The predicted octanol–water partition coefficient (Wildman–Crippen LogP) is 12.6. The second-order valence-electron chi connectivity index (χ2n) is 11.6. The molecule has 0 aliphatic carbocycles. The molecule has 0 aliphatic heterocycles. The number of benzene rings is 7. The molecule has 0 bridgehead atoms. The second-order valence-corrected chi connectivity index (χ2v) is 12.7. The predicted molar refractivity (Wildman–Crippen MR) is 198 cm³/mol. The van der Waals surface area contributed by atoms with Gasteiger partial charge in [0.15, 0.2) is 0 Å². The fraction of sp³-hybridized carbons (Fsp3) is 0. The van der Waals surface area contributed by atoms with Crippen molar-refractivity contribution in [2.75, 3.05) is 4.90 Å². The maximum absolute atomic E-state index is 4.67. The summed E-state index contributed by atoms with van der Waals surface area (Å²) in [6, 6.07) is 59.1. The zero-order chi connectivity index (χ0) is 30.5. The van der Waals surface area contributed by atoms with Crippen LogP contribution >= 0.6 is 11.3 Å². The lowest BCUT2D eigenvalue weighted by Gasteiger charge is -2.26. The smallest absolute Gasteiger partial charge is 0.0888 e. The van der Waals surface area contributed by atoms with Gasteiger partial charge in [0.05, 0.1) is 10.2 Å². The number of pyridine rings is 1. The topological polar surface area (TPSA) is 16.1 Å². The molecule has 0 fully saturated rings. The maximum atomic E-state index is 4.67. The highest BCUT2D eigenvalue weighted by Crippen LogP contribution is 2.42. The fourth-order valence-corrected chi connectivity index (χ4v) is 7.78. The van der Waals surface area contributed by atoms with Gasteiger partial charge in [0, 0.05) is 33.3 Å². The average Bonchev–Trinajstić information content (AvgIpc) is 3.50. The molecule has 0 aliphatic rings. The Balaban J connectivity index is 1.18. The van der Waals surface area contributed by atoms with Crippen molar-refractivity contribution in [3.05, 3.63) is 170 Å². The monoisotopic (exact) mass is 604 g/mol. The molecular formula is C43H28N2S. The van der Waals surface area contributed by atoms with Gasteiger partial charge in [-0.1, -0.05) is 103 Å². The lowest BCUT2D eigenvalue weighted by atomic mass is 9.93. The standard InChI is InChI=1S/C43H28N2S/c1-2-9-29(10-3-1)30-16-20-33(21-17-30)45(35-24-25-39-42(28-35)46-41-15-8-26-44-43(39)41)34-22-18-31(19-23-34)40-27-32-11-4-5-12-36(32)37-13-6-7-14-38(37)40/h1-28H. The third-order valence-corrected chi connectivity index (χ3v) is 10.0. The van der Waals surface area contributed by atoms with Crippen molar-refractivity contribution >= 4 is 70.2 Å². The SMILES string of the molecule is c1ccc(-c2ccc(N(c3ccc(-c4cc5ccccc5c5ccccc45)cc3)c3ccc4c(c3)sc3cccnc34)cc2)cc1. The Morgan fingerprint density at radius 3 is 1.83 bits per heavy atom. The summed E-state index contributed by atoms with van der Waals surface area (Å²) in [7, 11) is 0. The minimum Gasteiger partial charge on any atom is -0.310 e. The van der Waals surface area contributed by atoms with E-state index in [4.69, 9.17) is 0 Å². The fourth-order valence-electron chi connectivity index (χ4n) is 6.69. The van der Waals surface area contributed by atoms with Crippen molar-refractivity contribution in [3.63, 3.8) is 0 Å². The van der Waals surface area contributed by atoms with E-state index in [0.29, 0.717) is 0 Å². The van der Waals surface area contributed by atoms with Crippen molar-refractivity contribution in [2.24, 2.45) is 0 Å². The van der Waals surface area contributed by atoms with E-state index >= 15 is 0 Å². The summed E-state index contributed by atoms with van der Waals surface area (Å²) in [6.07, 6.45) is 1.88. The highest BCUT2D eigenvalue weighted by atomic mass is 32.1. The Morgan fingerprint density at radius 2 is 1.04 bits per heavy atom. The van der Waals surface area contributed by atoms with E-state index in [1.807, 2.05) is 12.3 Å². The number of anilines is 3. The van der Waals surface area contributed by atoms with E-state index in [1.165, 1.54) is 58.6 Å². The second kappa shape index (κ2) is 11.0. The Labute approximate surface area is 271 Å². The van der Waals surface area contributed by atoms with Gasteiger partial charge in [-0.3, -0.25) is 4.98 Å². The van der Waals surface area contributed by atoms with Crippen LogP contribution in [0.3, 0.4) is 0 Å². The highest BCUT2D eigenvalue weighted by molar-refractivity contribution is 7.25. The van der Waals surface area contributed by atoms with Gasteiger partial charge < -0.3 is 4.90 Å². The third kappa shape index (κ3) is 4.52. The highest BCUT2D eigenvalue weighted by Gasteiger charge is 2.16. The van der Waals surface area contributed by atoms with Crippen LogP contribution in [0.1, 0.15) is 0 Å². The van der Waals surface area contributed by atoms with E-state index in [-0.39, 0.29) is 0 Å². The molecule has 0 spiro atoms. The molecule has 0 saturated heterocycles. The van der Waals surface area contributed by atoms with Gasteiger partial charge in [0.2, 0.25) is 0 Å². The molecule has 9 rings (SSSR count). The van der Waals surface area contributed by atoms with Crippen LogP contribution in [-0.4, -0.2) is 4.98 Å². The van der Waals surface area contributed by atoms with Crippen molar-refractivity contribution in [3.8, 4) is 22.3 Å². The van der Waals surface area contributed by atoms with Crippen molar-refractivity contribution < 1.29 is 0 Å². The van der Waals surface area contributed by atoms with E-state index < -0.39 is 0 Å². The third-order valence-electron chi connectivity index (χ3n) is 8.91. The van der Waals surface area contributed by atoms with E-state index in [2.05, 4.69) is 168 Å². The zero-order valence-electron chi connectivity index (χ0n) is 25.0. The van der Waals surface area contributed by atoms with E-state index in [1.54, 1.807) is 11.3 Å². The average molecular weight is 605 g/mol. The maximum Gasteiger partial charge on any atom is 0.0888 e. The van der Waals surface area contributed by atoms with Crippen LogP contribution in [0.25, 0.3) is 64.1 Å². The summed E-state index contributed by atoms with van der Waals surface area (Å²) in [5.41, 5.74) is 9.29. The molecule has 7 aromatic carbocycles.